The molecule has 2 amide bonds. The average Bonchev–Trinajstić information content (AvgIpc) is 2.45. The van der Waals surface area contributed by atoms with E-state index in [1.165, 1.54) is 14.2 Å². The minimum absolute atomic E-state index is 0.225. The molecule has 0 aliphatic heterocycles. The average molecular weight is 282 g/mol. The Balaban J connectivity index is 2.82. The molecule has 1 unspecified atom stereocenters. The van der Waals surface area contributed by atoms with Crippen molar-refractivity contribution in [3.05, 3.63) is 29.8 Å². The number of hydrogen-bond donors (Lipinski definition) is 2. The molecule has 0 aliphatic carbocycles. The molecule has 110 valence electrons. The fourth-order valence-corrected chi connectivity index (χ4v) is 1.66. The molecule has 20 heavy (non-hydrogen) atoms. The van der Waals surface area contributed by atoms with Gasteiger partial charge in [-0.15, -0.1) is 0 Å². The number of hydrogen-bond acceptors (Lipinski definition) is 4. The molecule has 0 heterocycles. The number of amides is 2. The smallest absolute Gasteiger partial charge is 0.405 e. The summed E-state index contributed by atoms with van der Waals surface area (Å²) in [6.45, 7) is 0. The van der Waals surface area contributed by atoms with Gasteiger partial charge in [-0.2, -0.15) is 0 Å². The molecule has 1 atom stereocenters. The minimum Gasteiger partial charge on any atom is -0.497 e. The molecule has 0 saturated heterocycles. The van der Waals surface area contributed by atoms with E-state index in [0.29, 0.717) is 5.75 Å². The van der Waals surface area contributed by atoms with Crippen LogP contribution in [0.15, 0.2) is 24.3 Å². The normalized spacial score (nSPS) is 11.6. The van der Waals surface area contributed by atoms with Crippen molar-refractivity contribution in [3.63, 3.8) is 0 Å². The van der Waals surface area contributed by atoms with E-state index < -0.39 is 18.0 Å². The first kappa shape index (κ1) is 15.8. The Morgan fingerprint density at radius 3 is 2.35 bits per heavy atom. The second kappa shape index (κ2) is 7.34. The van der Waals surface area contributed by atoms with Crippen LogP contribution >= 0.6 is 0 Å². The van der Waals surface area contributed by atoms with E-state index in [1.54, 1.807) is 31.4 Å². The van der Waals surface area contributed by atoms with Crippen LogP contribution in [0.3, 0.4) is 0 Å². The van der Waals surface area contributed by atoms with Crippen LogP contribution in [0.5, 0.6) is 5.75 Å². The lowest BCUT2D eigenvalue weighted by atomic mass is 10.1. The maximum absolute atomic E-state index is 12.0. The summed E-state index contributed by atoms with van der Waals surface area (Å²) >= 11 is 0. The van der Waals surface area contributed by atoms with Crippen molar-refractivity contribution in [1.29, 1.82) is 0 Å². The van der Waals surface area contributed by atoms with Gasteiger partial charge in [0.1, 0.15) is 11.8 Å². The predicted octanol–water partition coefficient (Wildman–Crippen LogP) is 0.894. The van der Waals surface area contributed by atoms with E-state index >= 15 is 0 Å². The third-order valence-corrected chi connectivity index (χ3v) is 2.78. The molecule has 0 saturated carbocycles. The first-order chi connectivity index (χ1) is 9.47. The summed E-state index contributed by atoms with van der Waals surface area (Å²) in [6, 6.07) is 6.13. The Labute approximate surface area is 117 Å². The van der Waals surface area contributed by atoms with Crippen LogP contribution in [0, 0.1) is 0 Å². The number of likely N-dealkylation sites (N-methyl/N-ethyl adjacent to an activating group) is 1. The highest BCUT2D eigenvalue weighted by Crippen LogP contribution is 2.13. The highest BCUT2D eigenvalue weighted by molar-refractivity contribution is 5.84. The molecule has 1 aromatic rings. The quantitative estimate of drug-likeness (QED) is 0.757. The van der Waals surface area contributed by atoms with Crippen LogP contribution in [0.1, 0.15) is 5.56 Å². The van der Waals surface area contributed by atoms with Gasteiger partial charge in [-0.1, -0.05) is 12.1 Å². The standard InChI is InChI=1S/C13H18N2O5/c1-15(20-3)12(16)11(14-13(17)18)8-9-4-6-10(19-2)7-5-9/h4-7,11,14H,8H2,1-3H3,(H,17,18). The molecule has 0 aliphatic rings. The zero-order chi connectivity index (χ0) is 15.1. The Kier molecular flexibility index (Phi) is 5.79. The number of carbonyl (C=O) groups excluding carboxylic acids is 1. The summed E-state index contributed by atoms with van der Waals surface area (Å²) in [6.07, 6.45) is -1.04. The Bertz CT molecular complexity index is 460. The van der Waals surface area contributed by atoms with E-state index in [1.807, 2.05) is 0 Å². The third-order valence-electron chi connectivity index (χ3n) is 2.78. The summed E-state index contributed by atoms with van der Waals surface area (Å²) in [4.78, 5) is 27.5. The molecule has 0 spiro atoms. The first-order valence-corrected chi connectivity index (χ1v) is 5.92. The van der Waals surface area contributed by atoms with Crippen LogP contribution in [0.4, 0.5) is 4.79 Å². The van der Waals surface area contributed by atoms with Crippen LogP contribution < -0.4 is 10.1 Å². The van der Waals surface area contributed by atoms with Gasteiger partial charge >= 0.3 is 6.09 Å². The molecular weight excluding hydrogens is 264 g/mol. The monoisotopic (exact) mass is 282 g/mol. The molecule has 1 rings (SSSR count). The van der Waals surface area contributed by atoms with Gasteiger partial charge in [-0.05, 0) is 17.7 Å². The fourth-order valence-electron chi connectivity index (χ4n) is 1.66. The van der Waals surface area contributed by atoms with Crippen LogP contribution in [0.2, 0.25) is 0 Å². The summed E-state index contributed by atoms with van der Waals surface area (Å²) in [5.74, 6) is 0.225. The second-order valence-corrected chi connectivity index (χ2v) is 4.07. The highest BCUT2D eigenvalue weighted by atomic mass is 16.7. The van der Waals surface area contributed by atoms with E-state index in [4.69, 9.17) is 14.7 Å². The maximum atomic E-state index is 12.0. The van der Waals surface area contributed by atoms with Crippen molar-refractivity contribution in [1.82, 2.24) is 10.4 Å². The molecule has 1 aromatic carbocycles. The number of carbonyl (C=O) groups is 2. The summed E-state index contributed by atoms with van der Waals surface area (Å²) in [7, 11) is 4.32. The van der Waals surface area contributed by atoms with E-state index in [0.717, 1.165) is 10.6 Å². The topological polar surface area (TPSA) is 88.1 Å². The minimum atomic E-state index is -1.26. The first-order valence-electron chi connectivity index (χ1n) is 5.92. The Morgan fingerprint density at radius 2 is 1.90 bits per heavy atom. The Morgan fingerprint density at radius 1 is 1.30 bits per heavy atom. The van der Waals surface area contributed by atoms with Crippen molar-refractivity contribution in [2.24, 2.45) is 0 Å². The summed E-state index contributed by atoms with van der Waals surface area (Å²) in [5.41, 5.74) is 0.808. The van der Waals surface area contributed by atoms with Crippen molar-refractivity contribution in [3.8, 4) is 5.75 Å². The number of hydroxylamine groups is 2. The Hall–Kier alpha value is -2.28. The number of methoxy groups -OCH3 is 1. The van der Waals surface area contributed by atoms with E-state index in [2.05, 4.69) is 5.32 Å². The van der Waals surface area contributed by atoms with Crippen molar-refractivity contribution in [2.45, 2.75) is 12.5 Å². The van der Waals surface area contributed by atoms with Crippen LogP contribution in [-0.4, -0.2) is 49.5 Å². The fraction of sp³-hybridized carbons (Fsp3) is 0.385. The molecule has 7 heteroatoms. The van der Waals surface area contributed by atoms with E-state index in [9.17, 15) is 9.59 Å². The zero-order valence-corrected chi connectivity index (χ0v) is 11.6. The van der Waals surface area contributed by atoms with Crippen molar-refractivity contribution < 1.29 is 24.3 Å². The third kappa shape index (κ3) is 4.43. The van der Waals surface area contributed by atoms with Crippen molar-refractivity contribution in [2.75, 3.05) is 21.3 Å². The lowest BCUT2D eigenvalue weighted by Gasteiger charge is -2.21. The van der Waals surface area contributed by atoms with Crippen LogP contribution in [-0.2, 0) is 16.1 Å². The van der Waals surface area contributed by atoms with Gasteiger partial charge in [-0.3, -0.25) is 9.63 Å². The number of nitrogens with one attached hydrogen (secondary N) is 1. The van der Waals surface area contributed by atoms with E-state index in [-0.39, 0.29) is 6.42 Å². The lowest BCUT2D eigenvalue weighted by molar-refractivity contribution is -0.170. The zero-order valence-electron chi connectivity index (χ0n) is 11.6. The number of carboxylic acid groups (broad SMARTS) is 1. The van der Waals surface area contributed by atoms with Crippen molar-refractivity contribution >= 4 is 12.0 Å². The van der Waals surface area contributed by atoms with Gasteiger partial charge in [0.2, 0.25) is 0 Å². The molecule has 0 bridgehead atoms. The van der Waals surface area contributed by atoms with Gasteiger partial charge in [0.05, 0.1) is 14.2 Å². The van der Waals surface area contributed by atoms with Gasteiger partial charge in [0, 0.05) is 13.5 Å². The van der Waals surface area contributed by atoms with Gasteiger partial charge in [0.15, 0.2) is 0 Å². The van der Waals surface area contributed by atoms with Gasteiger partial charge in [0.25, 0.3) is 5.91 Å². The molecule has 0 radical (unpaired) electrons. The molecular formula is C13H18N2O5. The van der Waals surface area contributed by atoms with Gasteiger partial charge in [-0.25, -0.2) is 9.86 Å². The lowest BCUT2D eigenvalue weighted by Crippen LogP contribution is -2.47. The molecule has 7 nitrogen and oxygen atoms in total. The summed E-state index contributed by atoms with van der Waals surface area (Å²) in [5, 5.41) is 12.0. The summed E-state index contributed by atoms with van der Waals surface area (Å²) < 4.78 is 5.04. The van der Waals surface area contributed by atoms with Crippen LogP contribution in [0.25, 0.3) is 0 Å². The molecule has 0 aromatic heterocycles. The number of rotatable bonds is 6. The molecule has 0 fully saturated rings. The number of nitrogens with zero attached hydrogens (tertiary/aromatic N) is 1. The molecule has 2 N–H and O–H groups in total. The highest BCUT2D eigenvalue weighted by Gasteiger charge is 2.24. The largest absolute Gasteiger partial charge is 0.497 e. The second-order valence-electron chi connectivity index (χ2n) is 4.07. The number of ether oxygens (including phenoxy) is 1. The number of benzene rings is 1. The van der Waals surface area contributed by atoms with Gasteiger partial charge < -0.3 is 15.2 Å². The maximum Gasteiger partial charge on any atom is 0.405 e. The SMILES string of the molecule is COc1ccc(CC(NC(=O)O)C(=O)N(C)OC)cc1. The predicted molar refractivity (Wildman–Crippen MR) is 71.4 cm³/mol.